The Morgan fingerprint density at radius 2 is 2.22 bits per heavy atom. The summed E-state index contributed by atoms with van der Waals surface area (Å²) in [7, 11) is 1.16. The third-order valence-corrected chi connectivity index (χ3v) is 3.54. The van der Waals surface area contributed by atoms with Crippen LogP contribution in [0.1, 0.15) is 0 Å². The van der Waals surface area contributed by atoms with Crippen LogP contribution in [0.25, 0.3) is 0 Å². The summed E-state index contributed by atoms with van der Waals surface area (Å²) in [6.07, 6.45) is 0. The quantitative estimate of drug-likeness (QED) is 0.541. The van der Waals surface area contributed by atoms with E-state index in [2.05, 4.69) is 10.1 Å². The van der Waals surface area contributed by atoms with E-state index in [4.69, 9.17) is 16.7 Å². The Balaban J connectivity index is 2.39. The Bertz CT molecular complexity index is 692. The van der Waals surface area contributed by atoms with Crippen LogP contribution in [-0.4, -0.2) is 53.8 Å². The number of phenolic OH excluding ortho intramolecular Hbond substituents is 1. The maximum Gasteiger partial charge on any atom is 0.337 e. The lowest BCUT2D eigenvalue weighted by atomic mass is 10.2. The number of anilines is 1. The van der Waals surface area contributed by atoms with Crippen LogP contribution in [0.15, 0.2) is 23.4 Å². The SMILES string of the molecule is COC(=O)C1=C(Nc2cc(F)c(Cl)cc2O)C(=O)N(CCO)C1. The highest BCUT2D eigenvalue weighted by molar-refractivity contribution is 6.31. The molecular formula is C14H14ClFN2O5. The fourth-order valence-corrected chi connectivity index (χ4v) is 2.28. The third-order valence-electron chi connectivity index (χ3n) is 3.25. The van der Waals surface area contributed by atoms with E-state index >= 15 is 0 Å². The molecule has 0 aliphatic carbocycles. The molecule has 0 atom stereocenters. The van der Waals surface area contributed by atoms with Crippen LogP contribution in [-0.2, 0) is 14.3 Å². The summed E-state index contributed by atoms with van der Waals surface area (Å²) in [5, 5.41) is 21.0. The fraction of sp³-hybridized carbons (Fsp3) is 0.286. The number of aliphatic hydroxyl groups excluding tert-OH is 1. The lowest BCUT2D eigenvalue weighted by Crippen LogP contribution is -2.31. The first-order valence-corrected chi connectivity index (χ1v) is 6.93. The number of carbonyl (C=O) groups is 2. The number of hydrogen-bond donors (Lipinski definition) is 3. The standard InChI is InChI=1S/C14H14ClFN2O5/c1-23-14(22)7-6-18(2-3-19)13(21)12(7)17-10-5-9(16)8(15)4-11(10)20/h4-5,17,19-20H,2-3,6H2,1H3. The first kappa shape index (κ1) is 17.0. The fourth-order valence-electron chi connectivity index (χ4n) is 2.12. The highest BCUT2D eigenvalue weighted by atomic mass is 35.5. The van der Waals surface area contributed by atoms with Gasteiger partial charge in [-0.25, -0.2) is 9.18 Å². The molecule has 2 rings (SSSR count). The molecule has 0 bridgehead atoms. The maximum absolute atomic E-state index is 13.5. The molecule has 0 saturated carbocycles. The predicted molar refractivity (Wildman–Crippen MR) is 79.4 cm³/mol. The summed E-state index contributed by atoms with van der Waals surface area (Å²) in [6.45, 7) is -0.328. The highest BCUT2D eigenvalue weighted by Crippen LogP contribution is 2.32. The van der Waals surface area contributed by atoms with Gasteiger partial charge >= 0.3 is 5.97 Å². The average Bonchev–Trinajstić information content (AvgIpc) is 2.81. The van der Waals surface area contributed by atoms with Crippen molar-refractivity contribution < 1.29 is 28.9 Å². The Morgan fingerprint density at radius 3 is 2.83 bits per heavy atom. The molecule has 1 aromatic rings. The zero-order valence-corrected chi connectivity index (χ0v) is 12.9. The number of phenols is 1. The van der Waals surface area contributed by atoms with Crippen molar-refractivity contribution in [3.05, 3.63) is 34.2 Å². The topological polar surface area (TPSA) is 99.1 Å². The molecule has 3 N–H and O–H groups in total. The van der Waals surface area contributed by atoms with Gasteiger partial charge in [0, 0.05) is 18.7 Å². The van der Waals surface area contributed by atoms with Crippen molar-refractivity contribution in [1.29, 1.82) is 0 Å². The minimum atomic E-state index is -0.801. The van der Waals surface area contributed by atoms with E-state index < -0.39 is 17.7 Å². The molecule has 0 unspecified atom stereocenters. The molecule has 1 aliphatic rings. The summed E-state index contributed by atoms with van der Waals surface area (Å²) in [6, 6.07) is 1.88. The number of nitrogens with one attached hydrogen (secondary N) is 1. The van der Waals surface area contributed by atoms with Crippen molar-refractivity contribution in [2.24, 2.45) is 0 Å². The van der Waals surface area contributed by atoms with Crippen LogP contribution in [0.5, 0.6) is 5.75 Å². The van der Waals surface area contributed by atoms with Crippen LogP contribution >= 0.6 is 11.6 Å². The van der Waals surface area contributed by atoms with E-state index in [-0.39, 0.29) is 47.4 Å². The number of carbonyl (C=O) groups excluding carboxylic acids is 2. The molecule has 0 fully saturated rings. The van der Waals surface area contributed by atoms with Gasteiger partial charge in [-0.15, -0.1) is 0 Å². The minimum Gasteiger partial charge on any atom is -0.506 e. The first-order chi connectivity index (χ1) is 10.9. The van der Waals surface area contributed by atoms with Crippen molar-refractivity contribution in [3.8, 4) is 5.75 Å². The third kappa shape index (κ3) is 3.38. The van der Waals surface area contributed by atoms with Crippen molar-refractivity contribution in [3.63, 3.8) is 0 Å². The van der Waals surface area contributed by atoms with Crippen LogP contribution in [0.3, 0.4) is 0 Å². The number of β-amino-alcohol motifs (C(OH)–C–C–N with tert-alkyl or cyclic N) is 1. The predicted octanol–water partition coefficient (Wildman–Crippen LogP) is 0.858. The normalized spacial score (nSPS) is 14.4. The molecule has 23 heavy (non-hydrogen) atoms. The van der Waals surface area contributed by atoms with Gasteiger partial charge in [0.1, 0.15) is 17.3 Å². The molecule has 0 aromatic heterocycles. The second-order valence-corrected chi connectivity index (χ2v) is 5.11. The van der Waals surface area contributed by atoms with Gasteiger partial charge < -0.3 is 25.2 Å². The van der Waals surface area contributed by atoms with Crippen molar-refractivity contribution >= 4 is 29.2 Å². The van der Waals surface area contributed by atoms with Crippen molar-refractivity contribution in [2.45, 2.75) is 0 Å². The molecule has 0 saturated heterocycles. The summed E-state index contributed by atoms with van der Waals surface area (Å²) in [4.78, 5) is 25.3. The van der Waals surface area contributed by atoms with Gasteiger partial charge in [0.05, 0.1) is 36.5 Å². The van der Waals surface area contributed by atoms with Gasteiger partial charge in [0.2, 0.25) is 0 Å². The lowest BCUT2D eigenvalue weighted by molar-refractivity contribution is -0.136. The number of halogens is 2. The molecule has 124 valence electrons. The molecular weight excluding hydrogens is 331 g/mol. The molecule has 1 aromatic carbocycles. The Morgan fingerprint density at radius 1 is 1.52 bits per heavy atom. The number of rotatable bonds is 5. The minimum absolute atomic E-state index is 0.0145. The number of hydrogen-bond acceptors (Lipinski definition) is 6. The van der Waals surface area contributed by atoms with Gasteiger partial charge in [-0.05, 0) is 0 Å². The second kappa shape index (κ2) is 6.84. The van der Waals surface area contributed by atoms with Crippen LogP contribution in [0, 0.1) is 5.82 Å². The van der Waals surface area contributed by atoms with Gasteiger partial charge in [0.25, 0.3) is 5.91 Å². The second-order valence-electron chi connectivity index (χ2n) is 4.70. The summed E-state index contributed by atoms with van der Waals surface area (Å²) in [5.74, 6) is -2.50. The van der Waals surface area contributed by atoms with E-state index in [0.29, 0.717) is 0 Å². The van der Waals surface area contributed by atoms with Gasteiger partial charge in [-0.2, -0.15) is 0 Å². The van der Waals surface area contributed by atoms with Gasteiger partial charge in [-0.1, -0.05) is 11.6 Å². The van der Waals surface area contributed by atoms with Crippen LogP contribution in [0.4, 0.5) is 10.1 Å². The number of ether oxygens (including phenoxy) is 1. The Kier molecular flexibility index (Phi) is 5.07. The number of amides is 1. The van der Waals surface area contributed by atoms with Gasteiger partial charge in [0.15, 0.2) is 0 Å². The van der Waals surface area contributed by atoms with Crippen LogP contribution in [0.2, 0.25) is 5.02 Å². The smallest absolute Gasteiger partial charge is 0.337 e. The zero-order chi connectivity index (χ0) is 17.1. The largest absolute Gasteiger partial charge is 0.506 e. The van der Waals surface area contributed by atoms with E-state index in [1.54, 1.807) is 0 Å². The number of methoxy groups -OCH3 is 1. The summed E-state index contributed by atoms with van der Waals surface area (Å²) < 4.78 is 18.1. The Labute approximate surface area is 135 Å². The molecule has 7 nitrogen and oxygen atoms in total. The molecule has 9 heteroatoms. The van der Waals surface area contributed by atoms with Crippen molar-refractivity contribution in [1.82, 2.24) is 4.90 Å². The maximum atomic E-state index is 13.5. The van der Waals surface area contributed by atoms with E-state index in [9.17, 15) is 19.1 Å². The lowest BCUT2D eigenvalue weighted by Gasteiger charge is -2.15. The highest BCUT2D eigenvalue weighted by Gasteiger charge is 2.34. The molecule has 1 amide bonds. The summed E-state index contributed by atoms with van der Waals surface area (Å²) in [5.41, 5.74) is -0.259. The molecule has 1 heterocycles. The van der Waals surface area contributed by atoms with E-state index in [1.807, 2.05) is 0 Å². The average molecular weight is 345 g/mol. The zero-order valence-electron chi connectivity index (χ0n) is 12.1. The number of benzene rings is 1. The molecule has 0 spiro atoms. The van der Waals surface area contributed by atoms with E-state index in [0.717, 1.165) is 19.2 Å². The number of aromatic hydroxyl groups is 1. The van der Waals surface area contributed by atoms with Gasteiger partial charge in [-0.3, -0.25) is 4.79 Å². The number of esters is 1. The van der Waals surface area contributed by atoms with Crippen LogP contribution < -0.4 is 5.32 Å². The monoisotopic (exact) mass is 344 g/mol. The van der Waals surface area contributed by atoms with Crippen molar-refractivity contribution in [2.75, 3.05) is 32.1 Å². The van der Waals surface area contributed by atoms with E-state index in [1.165, 1.54) is 4.90 Å². The molecule has 1 aliphatic heterocycles. The summed E-state index contributed by atoms with van der Waals surface area (Å²) >= 11 is 5.55. The Hall–Kier alpha value is -2.32. The molecule has 0 radical (unpaired) electrons. The number of nitrogens with zero attached hydrogens (tertiary/aromatic N) is 1. The first-order valence-electron chi connectivity index (χ1n) is 6.55. The number of aliphatic hydroxyl groups is 1.